The number of anilines is 2. The number of nitrogens with zero attached hydrogens (tertiary/aromatic N) is 9. The molecule has 388 valence electrons. The van der Waals surface area contributed by atoms with E-state index in [0.717, 1.165) is 24.5 Å². The number of carbonyl (C=O) groups is 4. The molecule has 6 aromatic rings. The van der Waals surface area contributed by atoms with Crippen LogP contribution in [0.25, 0.3) is 22.8 Å². The third-order valence-electron chi connectivity index (χ3n) is 12.0. The molecule has 6 heterocycles. The van der Waals surface area contributed by atoms with E-state index in [4.69, 9.17) is 58.1 Å². The monoisotopic (exact) mass is 1050 g/mol. The van der Waals surface area contributed by atoms with Gasteiger partial charge < -0.3 is 47.6 Å². The van der Waals surface area contributed by atoms with Crippen molar-refractivity contribution in [3.05, 3.63) is 92.6 Å². The summed E-state index contributed by atoms with van der Waals surface area (Å²) in [6, 6.07) is 14.9. The highest BCUT2D eigenvalue weighted by Crippen LogP contribution is 2.33. The molecule has 2 atom stereocenters. The Morgan fingerprint density at radius 1 is 0.681 bits per heavy atom. The van der Waals surface area contributed by atoms with E-state index in [9.17, 15) is 19.2 Å². The average molecular weight is 1060 g/mol. The van der Waals surface area contributed by atoms with Crippen LogP contribution in [0.1, 0.15) is 64.9 Å². The van der Waals surface area contributed by atoms with Gasteiger partial charge in [0.2, 0.25) is 11.8 Å². The summed E-state index contributed by atoms with van der Waals surface area (Å²) >= 11 is 17.8. The quantitative estimate of drug-likeness (QED) is 0.0958. The number of piperazine rings is 2. The summed E-state index contributed by atoms with van der Waals surface area (Å²) in [6.07, 6.45) is 0. The number of carbonyl (C=O) groups excluding carboxylic acids is 4. The Bertz CT molecular complexity index is 2840. The van der Waals surface area contributed by atoms with Crippen LogP contribution in [-0.4, -0.2) is 150 Å². The summed E-state index contributed by atoms with van der Waals surface area (Å²) in [5, 5.41) is 20.2. The molecule has 8 rings (SSSR count). The lowest BCUT2D eigenvalue weighted by Crippen LogP contribution is -2.54. The number of hydrogen-bond acceptors (Lipinski definition) is 16. The molecule has 20 nitrogen and oxygen atoms in total. The first-order valence-corrected chi connectivity index (χ1v) is 23.7. The number of amides is 2. The summed E-state index contributed by atoms with van der Waals surface area (Å²) in [7, 11) is 5.82. The van der Waals surface area contributed by atoms with E-state index in [1.165, 1.54) is 18.9 Å². The lowest BCUT2D eigenvalue weighted by Gasteiger charge is -2.41. The first-order valence-electron chi connectivity index (χ1n) is 22.4. The molecule has 2 fully saturated rings. The topological polar surface area (TPSA) is 217 Å². The van der Waals surface area contributed by atoms with E-state index >= 15 is 0 Å². The molecule has 4 aromatic heterocycles. The first-order chi connectivity index (χ1) is 33.9. The second-order valence-corrected chi connectivity index (χ2v) is 17.8. The molecule has 0 unspecified atom stereocenters. The van der Waals surface area contributed by atoms with Crippen LogP contribution < -0.4 is 19.3 Å². The Morgan fingerprint density at radius 2 is 1.15 bits per heavy atom. The normalized spacial score (nSPS) is 15.3. The fourth-order valence-corrected chi connectivity index (χ4v) is 8.80. The second-order valence-electron chi connectivity index (χ2n) is 16.7. The average Bonchev–Trinajstić information content (AvgIpc) is 4.17. The van der Waals surface area contributed by atoms with Crippen LogP contribution in [0.4, 0.5) is 11.4 Å². The zero-order valence-corrected chi connectivity index (χ0v) is 43.4. The Kier molecular flexibility index (Phi) is 19.5. The molecular formula is C49H61Cl3N10O10. The standard InChI is InChI=1S/C24H28ClN5O5.C14H18Cl2N2O2.C10H11N3O3.CH4/c1-14-12-28(17-6-7-18(25)20(11-17)33-4)8-9-29(14)21(31)13-30-16(3)22(24(32)34-5)23(26-30)19-10-15(2)35-27-19;1-10-9-17(5-6-18(10)14(19)8-15)11-3-4-12(16)13(7-11)20-2;1-5-4-7(13-16-5)9-8(10(14)15-3)6(2)11-12-9;/h6-7,10-11,14H,8-9,12-13H2,1-5H3;3-4,7,10H,5-6,8-9H2,1-2H3;4H,1-3H3,(H,11,12);1H4/t14-;10-;;/m00../s1. The molecule has 0 aliphatic carbocycles. The van der Waals surface area contributed by atoms with Crippen molar-refractivity contribution in [1.82, 2.24) is 40.1 Å². The van der Waals surface area contributed by atoms with Gasteiger partial charge in [0, 0.05) is 92.7 Å². The Balaban J connectivity index is 0.000000220. The molecule has 72 heavy (non-hydrogen) atoms. The molecule has 2 saturated heterocycles. The van der Waals surface area contributed by atoms with E-state index in [-0.39, 0.29) is 49.3 Å². The Morgan fingerprint density at radius 3 is 1.58 bits per heavy atom. The van der Waals surface area contributed by atoms with Crippen LogP contribution in [0.5, 0.6) is 11.5 Å². The van der Waals surface area contributed by atoms with E-state index in [2.05, 4.69) is 40.1 Å². The number of nitrogens with one attached hydrogen (secondary N) is 1. The van der Waals surface area contributed by atoms with Crippen molar-refractivity contribution >= 4 is 69.9 Å². The molecule has 2 aliphatic rings. The largest absolute Gasteiger partial charge is 0.495 e. The number of benzene rings is 2. The molecule has 0 radical (unpaired) electrons. The van der Waals surface area contributed by atoms with E-state index in [1.54, 1.807) is 54.0 Å². The van der Waals surface area contributed by atoms with Gasteiger partial charge in [-0.25, -0.2) is 9.59 Å². The molecule has 1 N–H and O–H groups in total. The number of halogens is 3. The minimum Gasteiger partial charge on any atom is -0.495 e. The van der Waals surface area contributed by atoms with Gasteiger partial charge >= 0.3 is 11.9 Å². The van der Waals surface area contributed by atoms with Crippen LogP contribution in [0.2, 0.25) is 10.0 Å². The van der Waals surface area contributed by atoms with Gasteiger partial charge in [0.25, 0.3) is 0 Å². The van der Waals surface area contributed by atoms with Gasteiger partial charge in [0.05, 0.1) is 44.2 Å². The van der Waals surface area contributed by atoms with E-state index in [1.807, 2.05) is 60.0 Å². The minimum absolute atomic E-state index is 0. The van der Waals surface area contributed by atoms with Gasteiger partial charge in [0.15, 0.2) is 0 Å². The van der Waals surface area contributed by atoms with Crippen molar-refractivity contribution in [2.75, 3.05) is 83.4 Å². The molecule has 0 spiro atoms. The maximum absolute atomic E-state index is 13.3. The highest BCUT2D eigenvalue weighted by atomic mass is 35.5. The maximum atomic E-state index is 13.3. The smallest absolute Gasteiger partial charge is 0.342 e. The number of aromatic amines is 1. The van der Waals surface area contributed by atoms with E-state index < -0.39 is 11.9 Å². The molecular weight excluding hydrogens is 995 g/mol. The summed E-state index contributed by atoms with van der Waals surface area (Å²) in [5.74, 6) is 1.48. The maximum Gasteiger partial charge on any atom is 0.342 e. The lowest BCUT2D eigenvalue weighted by molar-refractivity contribution is -0.134. The number of H-pyrrole nitrogens is 1. The van der Waals surface area contributed by atoms with Crippen molar-refractivity contribution in [1.29, 1.82) is 0 Å². The summed E-state index contributed by atoms with van der Waals surface area (Å²) in [5.41, 5.74) is 5.57. The van der Waals surface area contributed by atoms with Crippen molar-refractivity contribution in [3.8, 4) is 34.3 Å². The van der Waals surface area contributed by atoms with Crippen LogP contribution in [0, 0.1) is 27.7 Å². The van der Waals surface area contributed by atoms with Gasteiger partial charge in [-0.05, 0) is 65.8 Å². The van der Waals surface area contributed by atoms with Crippen molar-refractivity contribution in [2.45, 2.75) is 67.6 Å². The number of aryl methyl sites for hydroxylation is 3. The molecule has 2 aromatic carbocycles. The van der Waals surface area contributed by atoms with Crippen molar-refractivity contribution < 1.29 is 47.2 Å². The van der Waals surface area contributed by atoms with Crippen LogP contribution >= 0.6 is 34.8 Å². The predicted molar refractivity (Wildman–Crippen MR) is 274 cm³/mol. The van der Waals surface area contributed by atoms with Crippen molar-refractivity contribution in [3.63, 3.8) is 0 Å². The van der Waals surface area contributed by atoms with Gasteiger partial charge in [-0.15, -0.1) is 11.6 Å². The summed E-state index contributed by atoms with van der Waals surface area (Å²) in [6.45, 7) is 15.1. The lowest BCUT2D eigenvalue weighted by atomic mass is 10.1. The predicted octanol–water partition coefficient (Wildman–Crippen LogP) is 8.07. The van der Waals surface area contributed by atoms with Crippen LogP contribution in [0.15, 0.2) is 57.6 Å². The van der Waals surface area contributed by atoms with Crippen LogP contribution in [-0.2, 0) is 25.6 Å². The third kappa shape index (κ3) is 12.8. The number of rotatable bonds is 11. The van der Waals surface area contributed by atoms with Gasteiger partial charge in [-0.1, -0.05) is 40.9 Å². The Labute approximate surface area is 433 Å². The molecule has 2 amide bonds. The number of ether oxygens (including phenoxy) is 4. The molecule has 0 bridgehead atoms. The summed E-state index contributed by atoms with van der Waals surface area (Å²) in [4.78, 5) is 57.1. The molecule has 0 saturated carbocycles. The number of alkyl halides is 1. The van der Waals surface area contributed by atoms with Gasteiger partial charge in [-0.2, -0.15) is 10.2 Å². The zero-order valence-electron chi connectivity index (χ0n) is 41.2. The summed E-state index contributed by atoms with van der Waals surface area (Å²) < 4.78 is 31.8. The number of aromatic nitrogens is 6. The van der Waals surface area contributed by atoms with Gasteiger partial charge in [0.1, 0.15) is 69.3 Å². The third-order valence-corrected chi connectivity index (χ3v) is 12.8. The van der Waals surface area contributed by atoms with Crippen molar-refractivity contribution in [2.24, 2.45) is 0 Å². The first kappa shape index (κ1) is 56.1. The fraction of sp³-hybridized carbons (Fsp3) is 0.429. The fourth-order valence-electron chi connectivity index (χ4n) is 8.26. The number of methoxy groups -OCH3 is 4. The second kappa shape index (κ2) is 25.1. The van der Waals surface area contributed by atoms with Gasteiger partial charge in [-0.3, -0.25) is 19.4 Å². The number of esters is 2. The molecule has 23 heteroatoms. The zero-order chi connectivity index (χ0) is 51.7. The Hall–Kier alpha value is -6.77. The highest BCUT2D eigenvalue weighted by Gasteiger charge is 2.32. The number of hydrogen-bond donors (Lipinski definition) is 1. The highest BCUT2D eigenvalue weighted by molar-refractivity contribution is 6.32. The SMILES string of the molecule is C.COC(=O)c1c(-c2cc(C)on2)n[nH]c1C.COC(=O)c1c(-c2cc(C)on2)nn(CC(=O)N2CCN(c3ccc(Cl)c(OC)c3)C[C@@H]2C)c1C.COc1cc(N2CCN(C(=O)CCl)[C@@H](C)C2)ccc1Cl. The minimum atomic E-state index is -0.544. The van der Waals surface area contributed by atoms with Crippen LogP contribution in [0.3, 0.4) is 0 Å². The molecule has 2 aliphatic heterocycles. The van der Waals surface area contributed by atoms with E-state index in [0.29, 0.717) is 99.0 Å².